The minimum Gasteiger partial charge on any atom is -0.449 e. The lowest BCUT2D eigenvalue weighted by molar-refractivity contribution is -0.384. The number of methoxy groups -OCH3 is 1. The van der Waals surface area contributed by atoms with E-state index in [2.05, 4.69) is 5.32 Å². The number of rotatable bonds is 8. The zero-order chi connectivity index (χ0) is 18.3. The van der Waals surface area contributed by atoms with E-state index in [4.69, 9.17) is 9.47 Å². The first-order valence-corrected chi connectivity index (χ1v) is 7.21. The van der Waals surface area contributed by atoms with Crippen LogP contribution >= 0.6 is 0 Å². The topological polar surface area (TPSA) is 111 Å². The summed E-state index contributed by atoms with van der Waals surface area (Å²) in [7, 11) is 4.89. The zero-order valence-corrected chi connectivity index (χ0v) is 14.1. The normalized spacial score (nSPS) is 11.5. The monoisotopic (exact) mass is 339 g/mol. The molecule has 1 aromatic carbocycles. The van der Waals surface area contributed by atoms with Crippen LogP contribution < -0.4 is 10.2 Å². The molecule has 9 nitrogen and oxygen atoms in total. The van der Waals surface area contributed by atoms with Gasteiger partial charge in [-0.2, -0.15) is 0 Å². The Balaban J connectivity index is 2.91. The Labute approximate surface area is 139 Å². The molecular weight excluding hydrogens is 318 g/mol. The highest BCUT2D eigenvalue weighted by Crippen LogP contribution is 2.25. The van der Waals surface area contributed by atoms with Crippen molar-refractivity contribution in [3.8, 4) is 0 Å². The van der Waals surface area contributed by atoms with Crippen LogP contribution in [0, 0.1) is 10.1 Å². The van der Waals surface area contributed by atoms with Crippen molar-refractivity contribution in [1.29, 1.82) is 0 Å². The molecule has 0 heterocycles. The van der Waals surface area contributed by atoms with E-state index in [0.29, 0.717) is 12.3 Å². The Kier molecular flexibility index (Phi) is 7.12. The van der Waals surface area contributed by atoms with E-state index in [9.17, 15) is 19.7 Å². The third-order valence-corrected chi connectivity index (χ3v) is 3.15. The van der Waals surface area contributed by atoms with Crippen LogP contribution in [0.2, 0.25) is 0 Å². The van der Waals surface area contributed by atoms with Gasteiger partial charge in [-0.25, -0.2) is 4.79 Å². The second kappa shape index (κ2) is 8.82. The first kappa shape index (κ1) is 19.4. The van der Waals surface area contributed by atoms with E-state index in [1.54, 1.807) is 19.0 Å². The number of nitrogens with one attached hydrogen (secondary N) is 1. The summed E-state index contributed by atoms with van der Waals surface area (Å²) >= 11 is 0. The maximum Gasteiger partial charge on any atom is 0.341 e. The fourth-order valence-electron chi connectivity index (χ4n) is 1.89. The molecule has 1 amide bonds. The number of ether oxygens (including phenoxy) is 2. The van der Waals surface area contributed by atoms with Gasteiger partial charge in [0, 0.05) is 39.9 Å². The van der Waals surface area contributed by atoms with Gasteiger partial charge in [-0.05, 0) is 13.0 Å². The average Bonchev–Trinajstić information content (AvgIpc) is 2.53. The highest BCUT2D eigenvalue weighted by Gasteiger charge is 2.23. The molecular formula is C15H21N3O6. The number of esters is 1. The summed E-state index contributed by atoms with van der Waals surface area (Å²) in [5, 5.41) is 13.4. The van der Waals surface area contributed by atoms with Crippen LogP contribution in [0.3, 0.4) is 0 Å². The van der Waals surface area contributed by atoms with Crippen LogP contribution in [-0.4, -0.2) is 57.3 Å². The Bertz CT molecular complexity index is 617. The second-order valence-electron chi connectivity index (χ2n) is 5.18. The minimum absolute atomic E-state index is 0.0192. The summed E-state index contributed by atoms with van der Waals surface area (Å²) < 4.78 is 9.92. The summed E-state index contributed by atoms with van der Waals surface area (Å²) in [6.45, 7) is 2.05. The molecule has 0 saturated carbocycles. The zero-order valence-electron chi connectivity index (χ0n) is 14.1. The van der Waals surface area contributed by atoms with Crippen LogP contribution in [0.25, 0.3) is 0 Å². The Hall–Kier alpha value is -2.68. The van der Waals surface area contributed by atoms with Gasteiger partial charge in [0.2, 0.25) is 0 Å². The summed E-state index contributed by atoms with van der Waals surface area (Å²) in [4.78, 5) is 36.1. The largest absolute Gasteiger partial charge is 0.449 e. The fourth-order valence-corrected chi connectivity index (χ4v) is 1.89. The third-order valence-electron chi connectivity index (χ3n) is 3.15. The van der Waals surface area contributed by atoms with Crippen molar-refractivity contribution in [2.45, 2.75) is 13.0 Å². The predicted octanol–water partition coefficient (Wildman–Crippen LogP) is 0.969. The van der Waals surface area contributed by atoms with Crippen molar-refractivity contribution < 1.29 is 24.0 Å². The first-order chi connectivity index (χ1) is 11.3. The number of anilines is 1. The van der Waals surface area contributed by atoms with Gasteiger partial charge in [-0.3, -0.25) is 14.9 Å². The van der Waals surface area contributed by atoms with Crippen molar-refractivity contribution in [2.24, 2.45) is 0 Å². The van der Waals surface area contributed by atoms with Gasteiger partial charge >= 0.3 is 5.97 Å². The maximum absolute atomic E-state index is 12.3. The van der Waals surface area contributed by atoms with E-state index in [0.717, 1.165) is 6.07 Å². The first-order valence-electron chi connectivity index (χ1n) is 7.21. The number of carbonyl (C=O) groups is 2. The summed E-state index contributed by atoms with van der Waals surface area (Å²) in [6, 6.07) is 3.89. The van der Waals surface area contributed by atoms with Crippen LogP contribution in [0.5, 0.6) is 0 Å². The number of nitro benzene ring substituents is 1. The molecule has 132 valence electrons. The molecule has 1 atom stereocenters. The van der Waals surface area contributed by atoms with Gasteiger partial charge in [-0.15, -0.1) is 0 Å². The molecule has 0 aliphatic heterocycles. The van der Waals surface area contributed by atoms with Gasteiger partial charge in [-0.1, -0.05) is 0 Å². The highest BCUT2D eigenvalue weighted by atomic mass is 16.6. The summed E-state index contributed by atoms with van der Waals surface area (Å²) in [5.74, 6) is -1.28. The molecule has 0 spiro atoms. The molecule has 0 aliphatic carbocycles. The molecule has 0 fully saturated rings. The molecule has 0 saturated heterocycles. The number of hydrogen-bond donors (Lipinski definition) is 1. The van der Waals surface area contributed by atoms with Gasteiger partial charge < -0.3 is 19.7 Å². The van der Waals surface area contributed by atoms with Crippen LogP contribution in [-0.2, 0) is 14.3 Å². The molecule has 0 radical (unpaired) electrons. The molecule has 0 aromatic heterocycles. The highest BCUT2D eigenvalue weighted by molar-refractivity contribution is 5.98. The van der Waals surface area contributed by atoms with Crippen LogP contribution in [0.4, 0.5) is 11.4 Å². The molecule has 1 N–H and O–H groups in total. The van der Waals surface area contributed by atoms with Crippen LogP contribution in [0.15, 0.2) is 18.2 Å². The standard InChI is InChI=1S/C15H21N3O6/c1-10(14(19)16-7-8-23-4)24-15(20)12-9-11(18(21)22)5-6-13(12)17(2)3/h5-6,9-10H,7-8H2,1-4H3,(H,16,19)/t10-/m1/s1. The Morgan fingerprint density at radius 2 is 2.04 bits per heavy atom. The number of amides is 1. The number of nitrogens with zero attached hydrogens (tertiary/aromatic N) is 2. The second-order valence-corrected chi connectivity index (χ2v) is 5.18. The Morgan fingerprint density at radius 1 is 1.38 bits per heavy atom. The van der Waals surface area contributed by atoms with E-state index < -0.39 is 22.9 Å². The molecule has 0 bridgehead atoms. The quantitative estimate of drug-likeness (QED) is 0.325. The van der Waals surface area contributed by atoms with Gasteiger partial charge in [0.1, 0.15) is 0 Å². The SMILES string of the molecule is COCCNC(=O)[C@@H](C)OC(=O)c1cc([N+](=O)[O-])ccc1N(C)C. The molecule has 1 aromatic rings. The predicted molar refractivity (Wildman–Crippen MR) is 87.2 cm³/mol. The van der Waals surface area contributed by atoms with E-state index >= 15 is 0 Å². The van der Waals surface area contributed by atoms with E-state index in [1.165, 1.54) is 26.2 Å². The van der Waals surface area contributed by atoms with Crippen molar-refractivity contribution in [3.05, 3.63) is 33.9 Å². The van der Waals surface area contributed by atoms with E-state index in [1.807, 2.05) is 0 Å². The van der Waals surface area contributed by atoms with Crippen LogP contribution in [0.1, 0.15) is 17.3 Å². The molecule has 9 heteroatoms. The number of carbonyl (C=O) groups excluding carboxylic acids is 2. The smallest absolute Gasteiger partial charge is 0.341 e. The lowest BCUT2D eigenvalue weighted by atomic mass is 10.1. The van der Waals surface area contributed by atoms with Gasteiger partial charge in [0.15, 0.2) is 6.10 Å². The molecule has 1 rings (SSSR count). The van der Waals surface area contributed by atoms with Crippen molar-refractivity contribution in [2.75, 3.05) is 39.3 Å². The summed E-state index contributed by atoms with van der Waals surface area (Å²) in [5.41, 5.74) is 0.244. The van der Waals surface area contributed by atoms with Crippen molar-refractivity contribution in [3.63, 3.8) is 0 Å². The average molecular weight is 339 g/mol. The molecule has 0 unspecified atom stereocenters. The van der Waals surface area contributed by atoms with Crippen molar-refractivity contribution >= 4 is 23.3 Å². The van der Waals surface area contributed by atoms with Gasteiger partial charge in [0.05, 0.1) is 22.8 Å². The van der Waals surface area contributed by atoms with Gasteiger partial charge in [0.25, 0.3) is 11.6 Å². The summed E-state index contributed by atoms with van der Waals surface area (Å²) in [6.07, 6.45) is -1.04. The number of non-ortho nitro benzene ring substituents is 1. The number of hydrogen-bond acceptors (Lipinski definition) is 7. The number of nitro groups is 1. The lowest BCUT2D eigenvalue weighted by Crippen LogP contribution is -2.37. The molecule has 24 heavy (non-hydrogen) atoms. The fraction of sp³-hybridized carbons (Fsp3) is 0.467. The lowest BCUT2D eigenvalue weighted by Gasteiger charge is -2.18. The minimum atomic E-state index is -1.04. The number of benzene rings is 1. The maximum atomic E-state index is 12.3. The third kappa shape index (κ3) is 5.20. The van der Waals surface area contributed by atoms with E-state index in [-0.39, 0.29) is 17.8 Å². The van der Waals surface area contributed by atoms with Crippen molar-refractivity contribution in [1.82, 2.24) is 5.32 Å². The Morgan fingerprint density at radius 3 is 2.58 bits per heavy atom. The molecule has 0 aliphatic rings.